The maximum absolute atomic E-state index is 12.6. The number of thiophene rings is 1. The molecule has 0 unspecified atom stereocenters. The van der Waals surface area contributed by atoms with E-state index in [1.165, 1.54) is 0 Å². The Labute approximate surface area is 126 Å². The molecule has 0 bridgehead atoms. The fraction of sp³-hybridized carbons (Fsp3) is 0.250. The molecule has 3 aromatic rings. The number of ether oxygens (including phenoxy) is 1. The van der Waals surface area contributed by atoms with E-state index in [1.807, 2.05) is 43.3 Å². The van der Waals surface area contributed by atoms with Gasteiger partial charge in [-0.15, -0.1) is 11.3 Å². The molecule has 0 atom stereocenters. The van der Waals surface area contributed by atoms with Crippen molar-refractivity contribution in [2.45, 2.75) is 13.5 Å². The Hall–Kier alpha value is -1.98. The first-order valence-corrected chi connectivity index (χ1v) is 7.57. The van der Waals surface area contributed by atoms with Gasteiger partial charge in [-0.05, 0) is 18.6 Å². The van der Waals surface area contributed by atoms with Crippen LogP contribution in [-0.4, -0.2) is 23.3 Å². The molecule has 5 heteroatoms. The molecule has 0 saturated carbocycles. The van der Waals surface area contributed by atoms with Gasteiger partial charge in [-0.25, -0.2) is 4.98 Å². The number of aryl methyl sites for hydroxylation is 1. The molecule has 0 fully saturated rings. The van der Waals surface area contributed by atoms with Gasteiger partial charge >= 0.3 is 0 Å². The molecule has 4 nitrogen and oxygen atoms in total. The summed E-state index contributed by atoms with van der Waals surface area (Å²) in [4.78, 5) is 19.0. The third-order valence-electron chi connectivity index (χ3n) is 3.42. The minimum atomic E-state index is 0.00739. The molecule has 3 rings (SSSR count). The van der Waals surface area contributed by atoms with Crippen LogP contribution in [-0.2, 0) is 11.3 Å². The average molecular weight is 300 g/mol. The summed E-state index contributed by atoms with van der Waals surface area (Å²) in [5, 5.41) is 0.681. The van der Waals surface area contributed by atoms with Crippen LogP contribution < -0.4 is 5.56 Å². The second kappa shape index (κ2) is 5.79. The van der Waals surface area contributed by atoms with Crippen LogP contribution in [0, 0.1) is 6.92 Å². The molecular weight excluding hydrogens is 284 g/mol. The third kappa shape index (κ3) is 2.62. The van der Waals surface area contributed by atoms with Crippen molar-refractivity contribution in [3.63, 3.8) is 0 Å². The number of fused-ring (bicyclic) bond motifs is 1. The first-order valence-electron chi connectivity index (χ1n) is 6.76. The van der Waals surface area contributed by atoms with Crippen LogP contribution in [0.25, 0.3) is 20.7 Å². The molecule has 0 N–H and O–H groups in total. The van der Waals surface area contributed by atoms with E-state index < -0.39 is 0 Å². The molecule has 108 valence electrons. The van der Waals surface area contributed by atoms with Crippen LogP contribution in [0.1, 0.15) is 5.82 Å². The molecule has 1 aromatic carbocycles. The lowest BCUT2D eigenvalue weighted by atomic mass is 10.2. The number of aromatic nitrogens is 2. The van der Waals surface area contributed by atoms with E-state index in [1.54, 1.807) is 23.0 Å². The molecule has 2 aromatic heterocycles. The van der Waals surface area contributed by atoms with Crippen molar-refractivity contribution >= 4 is 21.6 Å². The first kappa shape index (κ1) is 14.0. The van der Waals surface area contributed by atoms with Crippen molar-refractivity contribution in [2.75, 3.05) is 13.7 Å². The van der Waals surface area contributed by atoms with Gasteiger partial charge in [0.05, 0.1) is 18.5 Å². The van der Waals surface area contributed by atoms with E-state index in [0.717, 1.165) is 21.1 Å². The minimum Gasteiger partial charge on any atom is -0.383 e. The summed E-state index contributed by atoms with van der Waals surface area (Å²) in [5.74, 6) is 0.728. The summed E-state index contributed by atoms with van der Waals surface area (Å²) in [6, 6.07) is 12.0. The van der Waals surface area contributed by atoms with Crippen molar-refractivity contribution in [3.05, 3.63) is 52.6 Å². The van der Waals surface area contributed by atoms with E-state index in [4.69, 9.17) is 4.74 Å². The number of hydrogen-bond donors (Lipinski definition) is 0. The van der Waals surface area contributed by atoms with Crippen LogP contribution in [0.15, 0.2) is 41.2 Å². The van der Waals surface area contributed by atoms with Crippen molar-refractivity contribution in [1.29, 1.82) is 0 Å². The van der Waals surface area contributed by atoms with Crippen molar-refractivity contribution < 1.29 is 4.74 Å². The quantitative estimate of drug-likeness (QED) is 0.744. The fourth-order valence-corrected chi connectivity index (χ4v) is 3.38. The Kier molecular flexibility index (Phi) is 3.86. The smallest absolute Gasteiger partial charge is 0.262 e. The SMILES string of the molecule is COCCn1c(C)nc2sc(-c3ccccc3)cc2c1=O. The highest BCUT2D eigenvalue weighted by atomic mass is 32.1. The van der Waals surface area contributed by atoms with Crippen molar-refractivity contribution in [1.82, 2.24) is 9.55 Å². The van der Waals surface area contributed by atoms with Crippen LogP contribution >= 0.6 is 11.3 Å². The Morgan fingerprint density at radius 2 is 2.05 bits per heavy atom. The van der Waals surface area contributed by atoms with Gasteiger partial charge in [0.1, 0.15) is 10.7 Å². The van der Waals surface area contributed by atoms with E-state index >= 15 is 0 Å². The lowest BCUT2D eigenvalue weighted by Crippen LogP contribution is -2.25. The van der Waals surface area contributed by atoms with Crippen LogP contribution in [0.4, 0.5) is 0 Å². The summed E-state index contributed by atoms with van der Waals surface area (Å²) >= 11 is 1.56. The predicted molar refractivity (Wildman–Crippen MR) is 85.9 cm³/mol. The second-order valence-electron chi connectivity index (χ2n) is 4.80. The monoisotopic (exact) mass is 300 g/mol. The van der Waals surface area contributed by atoms with Gasteiger partial charge in [0.2, 0.25) is 0 Å². The van der Waals surface area contributed by atoms with Gasteiger partial charge in [-0.3, -0.25) is 9.36 Å². The Morgan fingerprint density at radius 3 is 2.76 bits per heavy atom. The van der Waals surface area contributed by atoms with Gasteiger partial charge in [-0.1, -0.05) is 30.3 Å². The molecule has 0 saturated heterocycles. The summed E-state index contributed by atoms with van der Waals surface area (Å²) < 4.78 is 6.73. The average Bonchev–Trinajstić information content (AvgIpc) is 2.92. The molecule has 0 spiro atoms. The predicted octanol–water partition coefficient (Wildman–Crippen LogP) is 3.08. The Balaban J connectivity index is 2.14. The highest BCUT2D eigenvalue weighted by Gasteiger charge is 2.12. The maximum Gasteiger partial charge on any atom is 0.262 e. The van der Waals surface area contributed by atoms with Crippen molar-refractivity contribution in [2.24, 2.45) is 0 Å². The van der Waals surface area contributed by atoms with E-state index in [2.05, 4.69) is 4.98 Å². The number of nitrogens with zero attached hydrogens (tertiary/aromatic N) is 2. The minimum absolute atomic E-state index is 0.00739. The summed E-state index contributed by atoms with van der Waals surface area (Å²) in [5.41, 5.74) is 1.12. The summed E-state index contributed by atoms with van der Waals surface area (Å²) in [6.07, 6.45) is 0. The molecule has 0 aliphatic carbocycles. The maximum atomic E-state index is 12.6. The van der Waals surface area contributed by atoms with Crippen LogP contribution in [0.3, 0.4) is 0 Å². The zero-order valence-corrected chi connectivity index (χ0v) is 12.8. The number of benzene rings is 1. The van der Waals surface area contributed by atoms with Crippen LogP contribution in [0.2, 0.25) is 0 Å². The fourth-order valence-electron chi connectivity index (χ4n) is 2.31. The number of hydrogen-bond acceptors (Lipinski definition) is 4. The molecule has 0 aliphatic heterocycles. The highest BCUT2D eigenvalue weighted by molar-refractivity contribution is 7.21. The largest absolute Gasteiger partial charge is 0.383 e. The molecule has 21 heavy (non-hydrogen) atoms. The van der Waals surface area contributed by atoms with E-state index in [-0.39, 0.29) is 5.56 Å². The molecule has 2 heterocycles. The lowest BCUT2D eigenvalue weighted by Gasteiger charge is -2.07. The molecule has 0 radical (unpaired) electrons. The normalized spacial score (nSPS) is 11.1. The van der Waals surface area contributed by atoms with E-state index in [0.29, 0.717) is 18.5 Å². The van der Waals surface area contributed by atoms with Crippen LogP contribution in [0.5, 0.6) is 0 Å². The second-order valence-corrected chi connectivity index (χ2v) is 5.83. The molecular formula is C16H16N2O2S. The van der Waals surface area contributed by atoms with Gasteiger partial charge in [0.25, 0.3) is 5.56 Å². The molecule has 0 amide bonds. The number of methoxy groups -OCH3 is 1. The van der Waals surface area contributed by atoms with Gasteiger partial charge < -0.3 is 4.74 Å². The Morgan fingerprint density at radius 1 is 1.29 bits per heavy atom. The molecule has 0 aliphatic rings. The topological polar surface area (TPSA) is 44.1 Å². The lowest BCUT2D eigenvalue weighted by molar-refractivity contribution is 0.185. The first-order chi connectivity index (χ1) is 10.2. The Bertz CT molecular complexity index is 821. The van der Waals surface area contributed by atoms with Gasteiger partial charge in [-0.2, -0.15) is 0 Å². The standard InChI is InChI=1S/C16H16N2O2S/c1-11-17-15-13(16(19)18(11)8-9-20-2)10-14(21-15)12-6-4-3-5-7-12/h3-7,10H,8-9H2,1-2H3. The van der Waals surface area contributed by atoms with Gasteiger partial charge in [0.15, 0.2) is 0 Å². The zero-order valence-electron chi connectivity index (χ0n) is 12.0. The third-order valence-corrected chi connectivity index (χ3v) is 4.50. The highest BCUT2D eigenvalue weighted by Crippen LogP contribution is 2.30. The van der Waals surface area contributed by atoms with Crippen molar-refractivity contribution in [3.8, 4) is 10.4 Å². The summed E-state index contributed by atoms with van der Waals surface area (Å²) in [7, 11) is 1.63. The van der Waals surface area contributed by atoms with E-state index in [9.17, 15) is 4.79 Å². The number of rotatable bonds is 4. The summed E-state index contributed by atoms with van der Waals surface area (Å²) in [6.45, 7) is 2.89. The van der Waals surface area contributed by atoms with Gasteiger partial charge in [0, 0.05) is 12.0 Å². The zero-order chi connectivity index (χ0) is 14.8.